The zero-order valence-electron chi connectivity index (χ0n) is 20.0. The number of halogens is 1. The number of amides is 1. The van der Waals surface area contributed by atoms with Gasteiger partial charge in [0.1, 0.15) is 24.2 Å². The highest BCUT2D eigenvalue weighted by molar-refractivity contribution is 5.91. The normalized spacial score (nSPS) is 12.0. The lowest BCUT2D eigenvalue weighted by molar-refractivity contribution is -0.121. The number of benzene rings is 3. The monoisotopic (exact) mass is 483 g/mol. The van der Waals surface area contributed by atoms with Gasteiger partial charge in [-0.1, -0.05) is 12.1 Å². The molecule has 2 aromatic heterocycles. The fourth-order valence-corrected chi connectivity index (χ4v) is 4.38. The van der Waals surface area contributed by atoms with Gasteiger partial charge in [-0.25, -0.2) is 14.1 Å². The number of ether oxygens (including phenoxy) is 1. The molecule has 1 unspecified atom stereocenters. The Morgan fingerprint density at radius 3 is 2.58 bits per heavy atom. The number of nitrogens with one attached hydrogen (secondary N) is 2. The number of H-pyrrole nitrogens is 1. The lowest BCUT2D eigenvalue weighted by Crippen LogP contribution is -2.26. The van der Waals surface area contributed by atoms with Crippen LogP contribution in [0.4, 0.5) is 4.39 Å². The van der Waals surface area contributed by atoms with Crippen LogP contribution in [0.1, 0.15) is 30.5 Å². The van der Waals surface area contributed by atoms with E-state index >= 15 is 0 Å². The second-order valence-corrected chi connectivity index (χ2v) is 8.62. The van der Waals surface area contributed by atoms with Gasteiger partial charge in [-0.15, -0.1) is 0 Å². The van der Waals surface area contributed by atoms with E-state index < -0.39 is 0 Å². The number of carbonyl (C=O) groups is 1. The Balaban J connectivity index is 1.31. The Hall–Kier alpha value is -4.46. The highest BCUT2D eigenvalue weighted by Gasteiger charge is 2.17. The lowest BCUT2D eigenvalue weighted by atomic mass is 10.0. The van der Waals surface area contributed by atoms with Crippen LogP contribution in [0, 0.1) is 5.82 Å². The van der Waals surface area contributed by atoms with E-state index in [0.717, 1.165) is 44.7 Å². The highest BCUT2D eigenvalue weighted by Crippen LogP contribution is 2.33. The molecule has 36 heavy (non-hydrogen) atoms. The number of fused-ring (bicyclic) bond motifs is 1. The van der Waals surface area contributed by atoms with Crippen LogP contribution < -0.4 is 10.1 Å². The predicted octanol–water partition coefficient (Wildman–Crippen LogP) is 5.37. The molecule has 7 nitrogen and oxygen atoms in total. The van der Waals surface area contributed by atoms with Crippen LogP contribution >= 0.6 is 0 Å². The van der Waals surface area contributed by atoms with Gasteiger partial charge in [-0.05, 0) is 84.6 Å². The Morgan fingerprint density at radius 1 is 1.11 bits per heavy atom. The van der Waals surface area contributed by atoms with Gasteiger partial charge in [0.25, 0.3) is 0 Å². The van der Waals surface area contributed by atoms with Crippen molar-refractivity contribution in [3.05, 3.63) is 96.3 Å². The fourth-order valence-electron chi connectivity index (χ4n) is 4.38. The Labute approximate surface area is 208 Å². The van der Waals surface area contributed by atoms with Crippen molar-refractivity contribution < 1.29 is 13.9 Å². The number of methoxy groups -OCH3 is 1. The van der Waals surface area contributed by atoms with E-state index in [2.05, 4.69) is 20.4 Å². The van der Waals surface area contributed by atoms with Gasteiger partial charge in [0.2, 0.25) is 5.91 Å². The summed E-state index contributed by atoms with van der Waals surface area (Å²) in [6, 6.07) is 20.0. The van der Waals surface area contributed by atoms with Crippen LogP contribution in [0.2, 0.25) is 0 Å². The van der Waals surface area contributed by atoms with E-state index in [-0.39, 0.29) is 24.2 Å². The minimum absolute atomic E-state index is 0.0747. The lowest BCUT2D eigenvalue weighted by Gasteiger charge is -2.15. The van der Waals surface area contributed by atoms with Crippen molar-refractivity contribution in [3.8, 4) is 22.7 Å². The third-order valence-corrected chi connectivity index (χ3v) is 6.30. The minimum atomic E-state index is -0.309. The third-order valence-electron chi connectivity index (χ3n) is 6.30. The SMILES string of the molecule is COc1ccc(-c2[nH]c3ccc(F)cc3c2CCC(=O)NC(C)c2ccc(-n3cncn3)cc2)cc1. The molecule has 1 amide bonds. The second kappa shape index (κ2) is 10.0. The summed E-state index contributed by atoms with van der Waals surface area (Å²) in [4.78, 5) is 20.2. The van der Waals surface area contributed by atoms with E-state index in [1.165, 1.54) is 18.5 Å². The van der Waals surface area contributed by atoms with E-state index in [9.17, 15) is 9.18 Å². The molecule has 5 aromatic rings. The first-order valence-electron chi connectivity index (χ1n) is 11.7. The molecule has 5 rings (SSSR count). The first-order valence-corrected chi connectivity index (χ1v) is 11.7. The summed E-state index contributed by atoms with van der Waals surface area (Å²) in [5.41, 5.74) is 5.45. The predicted molar refractivity (Wildman–Crippen MR) is 136 cm³/mol. The maximum atomic E-state index is 14.1. The molecule has 182 valence electrons. The molecule has 0 radical (unpaired) electrons. The minimum Gasteiger partial charge on any atom is -0.497 e. The Kier molecular flexibility index (Phi) is 6.49. The van der Waals surface area contributed by atoms with Crippen LogP contribution in [0.5, 0.6) is 5.75 Å². The van der Waals surface area contributed by atoms with E-state index in [4.69, 9.17) is 4.74 Å². The summed E-state index contributed by atoms with van der Waals surface area (Å²) in [5.74, 6) is 0.371. The van der Waals surface area contributed by atoms with E-state index in [1.807, 2.05) is 55.5 Å². The average Bonchev–Trinajstić information content (AvgIpc) is 3.56. The largest absolute Gasteiger partial charge is 0.497 e. The molecule has 0 aliphatic heterocycles. The van der Waals surface area contributed by atoms with Crippen molar-refractivity contribution >= 4 is 16.8 Å². The van der Waals surface area contributed by atoms with Crippen LogP contribution in [-0.4, -0.2) is 32.8 Å². The van der Waals surface area contributed by atoms with Crippen LogP contribution in [-0.2, 0) is 11.2 Å². The molecule has 8 heteroatoms. The maximum absolute atomic E-state index is 14.1. The van der Waals surface area contributed by atoms with Gasteiger partial charge in [-0.2, -0.15) is 5.10 Å². The number of nitrogens with zero attached hydrogens (tertiary/aromatic N) is 3. The van der Waals surface area contributed by atoms with Gasteiger partial charge in [0, 0.05) is 23.0 Å². The summed E-state index contributed by atoms with van der Waals surface area (Å²) in [6.45, 7) is 1.95. The molecular weight excluding hydrogens is 457 g/mol. The van der Waals surface area contributed by atoms with Crippen molar-refractivity contribution in [2.45, 2.75) is 25.8 Å². The average molecular weight is 484 g/mol. The van der Waals surface area contributed by atoms with Gasteiger partial charge in [-0.3, -0.25) is 4.79 Å². The molecule has 3 aromatic carbocycles. The summed E-state index contributed by atoms with van der Waals surface area (Å²) in [7, 11) is 1.62. The molecule has 1 atom stereocenters. The quantitative estimate of drug-likeness (QED) is 0.311. The van der Waals surface area contributed by atoms with Crippen LogP contribution in [0.15, 0.2) is 79.4 Å². The highest BCUT2D eigenvalue weighted by atomic mass is 19.1. The molecule has 2 N–H and O–H groups in total. The second-order valence-electron chi connectivity index (χ2n) is 8.62. The van der Waals surface area contributed by atoms with Crippen molar-refractivity contribution in [1.82, 2.24) is 25.1 Å². The first-order chi connectivity index (χ1) is 17.5. The number of aromatic nitrogens is 4. The molecule has 2 heterocycles. The van der Waals surface area contributed by atoms with E-state index in [0.29, 0.717) is 6.42 Å². The number of carbonyl (C=O) groups excluding carboxylic acids is 1. The summed E-state index contributed by atoms with van der Waals surface area (Å²) >= 11 is 0. The van der Waals surface area contributed by atoms with Crippen molar-refractivity contribution in [3.63, 3.8) is 0 Å². The molecule has 0 saturated heterocycles. The molecular formula is C28H26FN5O2. The zero-order chi connectivity index (χ0) is 25.1. The van der Waals surface area contributed by atoms with Crippen LogP contribution in [0.3, 0.4) is 0 Å². The summed E-state index contributed by atoms with van der Waals surface area (Å²) in [5, 5.41) is 7.98. The molecule has 0 spiro atoms. The van der Waals surface area contributed by atoms with Gasteiger partial charge < -0.3 is 15.0 Å². The smallest absolute Gasteiger partial charge is 0.220 e. The molecule has 0 saturated carbocycles. The molecule has 0 aliphatic carbocycles. The van der Waals surface area contributed by atoms with Gasteiger partial charge in [0.15, 0.2) is 0 Å². The van der Waals surface area contributed by atoms with Gasteiger partial charge in [0.05, 0.1) is 18.8 Å². The van der Waals surface area contributed by atoms with Crippen molar-refractivity contribution in [2.24, 2.45) is 0 Å². The Morgan fingerprint density at radius 2 is 1.89 bits per heavy atom. The Bertz CT molecular complexity index is 1480. The number of aromatic amines is 1. The standard InChI is InChI=1S/C28H26FN5O2/c1-18(19-3-8-22(9-4-19)34-17-30-16-31-34)32-27(35)14-12-24-25-15-21(29)7-13-26(25)33-28(24)20-5-10-23(36-2)11-6-20/h3-11,13,15-18,33H,12,14H2,1-2H3,(H,32,35). The molecule has 0 aliphatic rings. The molecule has 0 bridgehead atoms. The number of hydrogen-bond donors (Lipinski definition) is 2. The number of hydrogen-bond acceptors (Lipinski definition) is 4. The summed E-state index contributed by atoms with van der Waals surface area (Å²) < 4.78 is 21.0. The first kappa shape index (κ1) is 23.3. The maximum Gasteiger partial charge on any atom is 0.220 e. The van der Waals surface area contributed by atoms with Crippen LogP contribution in [0.25, 0.3) is 27.8 Å². The molecule has 0 fully saturated rings. The topological polar surface area (TPSA) is 84.8 Å². The van der Waals surface area contributed by atoms with Crippen molar-refractivity contribution in [1.29, 1.82) is 0 Å². The van der Waals surface area contributed by atoms with E-state index in [1.54, 1.807) is 24.2 Å². The van der Waals surface area contributed by atoms with Gasteiger partial charge >= 0.3 is 0 Å². The fraction of sp³-hybridized carbons (Fsp3) is 0.179. The number of rotatable bonds is 8. The number of aryl methyl sites for hydroxylation is 1. The van der Waals surface area contributed by atoms with Crippen molar-refractivity contribution in [2.75, 3.05) is 7.11 Å². The summed E-state index contributed by atoms with van der Waals surface area (Å²) in [6.07, 6.45) is 3.86. The zero-order valence-corrected chi connectivity index (χ0v) is 20.0. The third kappa shape index (κ3) is 4.84.